The van der Waals surface area contributed by atoms with Gasteiger partial charge in [0.1, 0.15) is 5.75 Å². The van der Waals surface area contributed by atoms with E-state index in [1.54, 1.807) is 12.1 Å². The number of benzene rings is 1. The smallest absolute Gasteiger partial charge is 0.287 e. The van der Waals surface area contributed by atoms with Crippen LogP contribution in [0.25, 0.3) is 0 Å². The third-order valence-corrected chi connectivity index (χ3v) is 3.55. The van der Waals surface area contributed by atoms with Crippen LogP contribution in [-0.4, -0.2) is 11.5 Å². The maximum atomic E-state index is 10.8. The van der Waals surface area contributed by atoms with E-state index in [2.05, 4.69) is 22.9 Å². The molecular formula is C14H20BrNO3. The van der Waals surface area contributed by atoms with Crippen molar-refractivity contribution in [3.63, 3.8) is 0 Å². The number of halogens is 1. The Kier molecular flexibility index (Phi) is 7.48. The molecule has 0 amide bonds. The summed E-state index contributed by atoms with van der Waals surface area (Å²) >= 11 is 3.15. The molecule has 1 rings (SSSR count). The second-order valence-corrected chi connectivity index (χ2v) is 5.34. The first-order valence-electron chi connectivity index (χ1n) is 6.72. The van der Waals surface area contributed by atoms with Gasteiger partial charge in [0.25, 0.3) is 5.69 Å². The topological polar surface area (TPSA) is 52.4 Å². The third-order valence-electron chi connectivity index (χ3n) is 2.88. The molecule has 4 nitrogen and oxygen atoms in total. The summed E-state index contributed by atoms with van der Waals surface area (Å²) in [6.45, 7) is 2.81. The van der Waals surface area contributed by atoms with Gasteiger partial charge in [-0.2, -0.15) is 0 Å². The average molecular weight is 330 g/mol. The van der Waals surface area contributed by atoms with Crippen LogP contribution in [0.1, 0.15) is 45.4 Å². The molecule has 0 fully saturated rings. The van der Waals surface area contributed by atoms with Gasteiger partial charge in [0.05, 0.1) is 22.1 Å². The van der Waals surface area contributed by atoms with Gasteiger partial charge in [-0.05, 0) is 34.5 Å². The number of ether oxygens (including phenoxy) is 1. The number of hydrogen-bond acceptors (Lipinski definition) is 3. The quantitative estimate of drug-likeness (QED) is 0.360. The second-order valence-electron chi connectivity index (χ2n) is 4.49. The molecule has 0 radical (unpaired) electrons. The van der Waals surface area contributed by atoms with E-state index < -0.39 is 4.92 Å². The summed E-state index contributed by atoms with van der Waals surface area (Å²) < 4.78 is 6.01. The minimum absolute atomic E-state index is 0.0421. The van der Waals surface area contributed by atoms with E-state index in [1.807, 2.05) is 0 Å². The van der Waals surface area contributed by atoms with Crippen LogP contribution in [-0.2, 0) is 0 Å². The number of nitro benzene ring substituents is 1. The predicted octanol–water partition coefficient (Wildman–Crippen LogP) is 5.10. The highest BCUT2D eigenvalue weighted by Gasteiger charge is 2.12. The summed E-state index contributed by atoms with van der Waals surface area (Å²) in [5.74, 6) is 0.559. The van der Waals surface area contributed by atoms with Gasteiger partial charge in [0.15, 0.2) is 0 Å². The predicted molar refractivity (Wildman–Crippen MR) is 79.7 cm³/mol. The van der Waals surface area contributed by atoms with Crippen molar-refractivity contribution in [1.82, 2.24) is 0 Å². The minimum Gasteiger partial charge on any atom is -0.493 e. The standard InChI is InChI=1S/C14H20BrNO3/c1-2-3-4-5-6-7-10-19-12-8-9-13(15)14(11-12)16(17)18/h8-9,11H,2-7,10H2,1H3. The molecular weight excluding hydrogens is 310 g/mol. The van der Waals surface area contributed by atoms with Crippen molar-refractivity contribution in [2.75, 3.05) is 6.61 Å². The van der Waals surface area contributed by atoms with Gasteiger partial charge >= 0.3 is 0 Å². The van der Waals surface area contributed by atoms with Gasteiger partial charge in [-0.1, -0.05) is 39.0 Å². The summed E-state index contributed by atoms with van der Waals surface area (Å²) in [5.41, 5.74) is 0.0421. The van der Waals surface area contributed by atoms with Crippen LogP contribution in [0.2, 0.25) is 0 Å². The molecule has 0 atom stereocenters. The fraction of sp³-hybridized carbons (Fsp3) is 0.571. The highest BCUT2D eigenvalue weighted by atomic mass is 79.9. The van der Waals surface area contributed by atoms with E-state index in [0.717, 1.165) is 12.8 Å². The number of nitro groups is 1. The number of nitrogens with zero attached hydrogens (tertiary/aromatic N) is 1. The molecule has 0 aliphatic heterocycles. The zero-order valence-corrected chi connectivity index (χ0v) is 12.8. The molecule has 1 aromatic rings. The zero-order chi connectivity index (χ0) is 14.1. The lowest BCUT2D eigenvalue weighted by Gasteiger charge is -2.06. The zero-order valence-electron chi connectivity index (χ0n) is 11.2. The number of rotatable bonds is 9. The van der Waals surface area contributed by atoms with Crippen molar-refractivity contribution in [2.45, 2.75) is 45.4 Å². The molecule has 0 N–H and O–H groups in total. The maximum Gasteiger partial charge on any atom is 0.287 e. The average Bonchev–Trinajstić information content (AvgIpc) is 2.39. The molecule has 0 aliphatic carbocycles. The van der Waals surface area contributed by atoms with Gasteiger partial charge in [-0.25, -0.2) is 0 Å². The van der Waals surface area contributed by atoms with E-state index in [4.69, 9.17) is 4.74 Å². The van der Waals surface area contributed by atoms with Gasteiger partial charge in [0, 0.05) is 0 Å². The van der Waals surface area contributed by atoms with Crippen molar-refractivity contribution in [2.24, 2.45) is 0 Å². The van der Waals surface area contributed by atoms with Crippen LogP contribution < -0.4 is 4.74 Å². The summed E-state index contributed by atoms with van der Waals surface area (Å²) in [4.78, 5) is 10.4. The molecule has 5 heteroatoms. The Labute approximate surface area is 122 Å². The van der Waals surface area contributed by atoms with Crippen LogP contribution in [0.15, 0.2) is 22.7 Å². The SMILES string of the molecule is CCCCCCCCOc1ccc(Br)c([N+](=O)[O-])c1. The lowest BCUT2D eigenvalue weighted by atomic mass is 10.1. The highest BCUT2D eigenvalue weighted by Crippen LogP contribution is 2.29. The van der Waals surface area contributed by atoms with Crippen molar-refractivity contribution in [3.05, 3.63) is 32.8 Å². The third kappa shape index (κ3) is 6.05. The lowest BCUT2D eigenvalue weighted by molar-refractivity contribution is -0.385. The van der Waals surface area contributed by atoms with Crippen molar-refractivity contribution >= 4 is 21.6 Å². The largest absolute Gasteiger partial charge is 0.493 e. The minimum atomic E-state index is -0.415. The van der Waals surface area contributed by atoms with Crippen molar-refractivity contribution in [1.29, 1.82) is 0 Å². The Morgan fingerprint density at radius 1 is 1.21 bits per heavy atom. The van der Waals surface area contributed by atoms with Crippen LogP contribution in [0.5, 0.6) is 5.75 Å². The highest BCUT2D eigenvalue weighted by molar-refractivity contribution is 9.10. The van der Waals surface area contributed by atoms with E-state index in [1.165, 1.54) is 31.7 Å². The fourth-order valence-electron chi connectivity index (χ4n) is 1.79. The molecule has 106 valence electrons. The molecule has 0 heterocycles. The summed E-state index contributed by atoms with van der Waals surface area (Å²) in [7, 11) is 0. The number of unbranched alkanes of at least 4 members (excludes halogenated alkanes) is 5. The van der Waals surface area contributed by atoms with Gasteiger partial charge in [-0.3, -0.25) is 10.1 Å². The monoisotopic (exact) mass is 329 g/mol. The fourth-order valence-corrected chi connectivity index (χ4v) is 2.19. The Bertz CT molecular complexity index is 410. The Balaban J connectivity index is 2.30. The van der Waals surface area contributed by atoms with Crippen molar-refractivity contribution < 1.29 is 9.66 Å². The first-order valence-corrected chi connectivity index (χ1v) is 7.51. The maximum absolute atomic E-state index is 10.8. The molecule has 1 aromatic carbocycles. The molecule has 19 heavy (non-hydrogen) atoms. The first-order chi connectivity index (χ1) is 9.15. The van der Waals surface area contributed by atoms with Gasteiger partial charge in [-0.15, -0.1) is 0 Å². The lowest BCUT2D eigenvalue weighted by Crippen LogP contribution is -1.98. The van der Waals surface area contributed by atoms with Crippen LogP contribution in [0.4, 0.5) is 5.69 Å². The molecule has 0 saturated carbocycles. The Hall–Kier alpha value is -1.10. The van der Waals surface area contributed by atoms with Crippen LogP contribution in [0, 0.1) is 10.1 Å². The first kappa shape index (κ1) is 16.0. The molecule has 0 saturated heterocycles. The normalized spacial score (nSPS) is 10.4. The van der Waals surface area contributed by atoms with Gasteiger partial charge < -0.3 is 4.74 Å². The Morgan fingerprint density at radius 3 is 2.58 bits per heavy atom. The molecule has 0 spiro atoms. The van der Waals surface area contributed by atoms with E-state index >= 15 is 0 Å². The van der Waals surface area contributed by atoms with E-state index in [9.17, 15) is 10.1 Å². The van der Waals surface area contributed by atoms with Crippen LogP contribution >= 0.6 is 15.9 Å². The van der Waals surface area contributed by atoms with E-state index in [-0.39, 0.29) is 5.69 Å². The summed E-state index contributed by atoms with van der Waals surface area (Å²) in [6.07, 6.45) is 7.20. The molecule has 0 aliphatic rings. The Morgan fingerprint density at radius 2 is 1.89 bits per heavy atom. The second kappa shape index (κ2) is 8.91. The molecule has 0 aromatic heterocycles. The molecule has 0 bridgehead atoms. The van der Waals surface area contributed by atoms with Crippen LogP contribution in [0.3, 0.4) is 0 Å². The summed E-state index contributed by atoms with van der Waals surface area (Å²) in [6, 6.07) is 4.85. The van der Waals surface area contributed by atoms with Gasteiger partial charge in [0.2, 0.25) is 0 Å². The van der Waals surface area contributed by atoms with E-state index in [0.29, 0.717) is 16.8 Å². The number of hydrogen-bond donors (Lipinski definition) is 0. The summed E-state index contributed by atoms with van der Waals surface area (Å²) in [5, 5.41) is 10.8. The van der Waals surface area contributed by atoms with Crippen molar-refractivity contribution in [3.8, 4) is 5.75 Å². The molecule has 0 unspecified atom stereocenters.